The lowest BCUT2D eigenvalue weighted by Gasteiger charge is -2.20. The first-order valence-electron chi connectivity index (χ1n) is 6.78. The molecular weight excluding hydrogens is 236 g/mol. The summed E-state index contributed by atoms with van der Waals surface area (Å²) in [5.41, 5.74) is 2.77. The highest BCUT2D eigenvalue weighted by Gasteiger charge is 2.10. The average Bonchev–Trinajstić information content (AvgIpc) is 2.84. The molecule has 0 amide bonds. The van der Waals surface area contributed by atoms with E-state index < -0.39 is 0 Å². The summed E-state index contributed by atoms with van der Waals surface area (Å²) in [5, 5.41) is 7.73. The summed E-state index contributed by atoms with van der Waals surface area (Å²) in [5.74, 6) is 0. The van der Waals surface area contributed by atoms with Crippen molar-refractivity contribution in [3.05, 3.63) is 48.0 Å². The zero-order valence-electron chi connectivity index (χ0n) is 11.9. The maximum atomic E-state index is 4.13. The summed E-state index contributed by atoms with van der Waals surface area (Å²) in [7, 11) is 0. The Morgan fingerprint density at radius 2 is 2.00 bits per heavy atom. The van der Waals surface area contributed by atoms with Crippen molar-refractivity contribution in [2.75, 3.05) is 0 Å². The minimum atomic E-state index is 0.376. The lowest BCUT2D eigenvalue weighted by atomic mass is 10.0. The lowest BCUT2D eigenvalue weighted by molar-refractivity contribution is 0.405. The molecule has 4 nitrogen and oxygen atoms in total. The van der Waals surface area contributed by atoms with Crippen molar-refractivity contribution in [1.29, 1.82) is 0 Å². The second-order valence-electron chi connectivity index (χ2n) is 5.22. The van der Waals surface area contributed by atoms with E-state index in [0.29, 0.717) is 12.1 Å². The molecule has 1 heterocycles. The Bertz CT molecular complexity index is 493. The third kappa shape index (κ3) is 4.17. The zero-order valence-corrected chi connectivity index (χ0v) is 11.9. The van der Waals surface area contributed by atoms with Crippen LogP contribution in [0.4, 0.5) is 0 Å². The van der Waals surface area contributed by atoms with Crippen LogP contribution < -0.4 is 5.32 Å². The number of aromatic nitrogens is 3. The number of nitrogens with zero attached hydrogens (tertiary/aromatic N) is 3. The van der Waals surface area contributed by atoms with Gasteiger partial charge in [-0.2, -0.15) is 5.10 Å². The van der Waals surface area contributed by atoms with Crippen LogP contribution in [0.3, 0.4) is 0 Å². The predicted octanol–water partition coefficient (Wildman–Crippen LogP) is 2.20. The Kier molecular flexibility index (Phi) is 4.68. The van der Waals surface area contributed by atoms with E-state index in [2.05, 4.69) is 60.4 Å². The van der Waals surface area contributed by atoms with Gasteiger partial charge in [0.25, 0.3) is 0 Å². The molecule has 2 rings (SSSR count). The minimum Gasteiger partial charge on any atom is -0.310 e. The second kappa shape index (κ2) is 6.48. The van der Waals surface area contributed by atoms with Crippen molar-refractivity contribution in [1.82, 2.24) is 20.1 Å². The fourth-order valence-corrected chi connectivity index (χ4v) is 2.37. The summed E-state index contributed by atoms with van der Waals surface area (Å²) in [6, 6.07) is 9.38. The number of hydrogen-bond donors (Lipinski definition) is 1. The van der Waals surface area contributed by atoms with Crippen LogP contribution in [0.5, 0.6) is 0 Å². The normalized spacial score (nSPS) is 14.3. The van der Waals surface area contributed by atoms with Gasteiger partial charge in [0.15, 0.2) is 0 Å². The highest BCUT2D eigenvalue weighted by atomic mass is 15.3. The molecule has 0 aliphatic carbocycles. The van der Waals surface area contributed by atoms with Gasteiger partial charge < -0.3 is 5.32 Å². The van der Waals surface area contributed by atoms with Crippen molar-refractivity contribution < 1.29 is 0 Å². The average molecular weight is 258 g/mol. The van der Waals surface area contributed by atoms with Crippen LogP contribution >= 0.6 is 0 Å². The van der Waals surface area contributed by atoms with Gasteiger partial charge in [-0.05, 0) is 38.3 Å². The van der Waals surface area contributed by atoms with Crippen LogP contribution in [-0.2, 0) is 13.0 Å². The lowest BCUT2D eigenvalue weighted by Crippen LogP contribution is -2.38. The van der Waals surface area contributed by atoms with E-state index >= 15 is 0 Å². The third-order valence-corrected chi connectivity index (χ3v) is 3.28. The predicted molar refractivity (Wildman–Crippen MR) is 77.0 cm³/mol. The largest absolute Gasteiger partial charge is 0.310 e. The minimum absolute atomic E-state index is 0.376. The highest BCUT2D eigenvalue weighted by molar-refractivity contribution is 5.26. The molecule has 0 unspecified atom stereocenters. The first kappa shape index (κ1) is 13.7. The van der Waals surface area contributed by atoms with Crippen molar-refractivity contribution in [2.45, 2.75) is 45.8 Å². The molecule has 0 aliphatic rings. The van der Waals surface area contributed by atoms with Crippen LogP contribution in [0.15, 0.2) is 36.9 Å². The van der Waals surface area contributed by atoms with E-state index in [1.54, 1.807) is 12.7 Å². The SMILES string of the molecule is Cc1ccccc1C[C@H](C)N[C@@H](C)Cn1cncn1. The molecule has 19 heavy (non-hydrogen) atoms. The fourth-order valence-electron chi connectivity index (χ4n) is 2.37. The van der Waals surface area contributed by atoms with E-state index in [9.17, 15) is 0 Å². The van der Waals surface area contributed by atoms with Gasteiger partial charge >= 0.3 is 0 Å². The van der Waals surface area contributed by atoms with Gasteiger partial charge in [-0.15, -0.1) is 0 Å². The van der Waals surface area contributed by atoms with E-state index in [4.69, 9.17) is 0 Å². The number of rotatable bonds is 6. The quantitative estimate of drug-likeness (QED) is 0.863. The Morgan fingerprint density at radius 1 is 1.21 bits per heavy atom. The van der Waals surface area contributed by atoms with E-state index in [1.807, 2.05) is 4.68 Å². The maximum Gasteiger partial charge on any atom is 0.137 e. The van der Waals surface area contributed by atoms with Crippen LogP contribution in [0.25, 0.3) is 0 Å². The topological polar surface area (TPSA) is 42.7 Å². The number of aryl methyl sites for hydroxylation is 1. The van der Waals surface area contributed by atoms with Crippen molar-refractivity contribution in [2.24, 2.45) is 0 Å². The molecule has 0 spiro atoms. The van der Waals surface area contributed by atoms with Crippen molar-refractivity contribution in [3.63, 3.8) is 0 Å². The summed E-state index contributed by atoms with van der Waals surface area (Å²) in [6.45, 7) is 7.42. The van der Waals surface area contributed by atoms with Crippen molar-refractivity contribution >= 4 is 0 Å². The van der Waals surface area contributed by atoms with Crippen LogP contribution in [-0.4, -0.2) is 26.8 Å². The van der Waals surface area contributed by atoms with Crippen LogP contribution in [0, 0.1) is 6.92 Å². The van der Waals surface area contributed by atoms with E-state index in [1.165, 1.54) is 11.1 Å². The van der Waals surface area contributed by atoms with E-state index in [-0.39, 0.29) is 0 Å². The fraction of sp³-hybridized carbons (Fsp3) is 0.467. The van der Waals surface area contributed by atoms with Crippen molar-refractivity contribution in [3.8, 4) is 0 Å². The van der Waals surface area contributed by atoms with Crippen LogP contribution in [0.1, 0.15) is 25.0 Å². The molecule has 1 aromatic carbocycles. The molecule has 4 heteroatoms. The van der Waals surface area contributed by atoms with Gasteiger partial charge in [0.05, 0.1) is 6.54 Å². The van der Waals surface area contributed by atoms with E-state index in [0.717, 1.165) is 13.0 Å². The molecule has 0 radical (unpaired) electrons. The summed E-state index contributed by atoms with van der Waals surface area (Å²) < 4.78 is 1.86. The molecule has 2 atom stereocenters. The molecule has 0 aliphatic heterocycles. The summed E-state index contributed by atoms with van der Waals surface area (Å²) in [6.07, 6.45) is 4.38. The Balaban J connectivity index is 1.84. The van der Waals surface area contributed by atoms with Gasteiger partial charge in [0.2, 0.25) is 0 Å². The summed E-state index contributed by atoms with van der Waals surface area (Å²) >= 11 is 0. The molecular formula is C15H22N4. The number of benzene rings is 1. The maximum absolute atomic E-state index is 4.13. The molecule has 1 N–H and O–H groups in total. The standard InChI is InChI=1S/C15H22N4/c1-12-6-4-5-7-15(12)8-13(2)18-14(3)9-19-11-16-10-17-19/h4-7,10-11,13-14,18H,8-9H2,1-3H3/t13-,14-/m0/s1. The highest BCUT2D eigenvalue weighted by Crippen LogP contribution is 2.10. The first-order chi connectivity index (χ1) is 9.15. The van der Waals surface area contributed by atoms with Crippen LogP contribution in [0.2, 0.25) is 0 Å². The third-order valence-electron chi connectivity index (χ3n) is 3.28. The number of nitrogens with one attached hydrogen (secondary N) is 1. The zero-order chi connectivity index (χ0) is 13.7. The van der Waals surface area contributed by atoms with Gasteiger partial charge in [0.1, 0.15) is 12.7 Å². The van der Waals surface area contributed by atoms with Gasteiger partial charge in [-0.1, -0.05) is 24.3 Å². The van der Waals surface area contributed by atoms with Gasteiger partial charge in [-0.3, -0.25) is 4.68 Å². The molecule has 1 aromatic heterocycles. The van der Waals surface area contributed by atoms with Gasteiger partial charge in [-0.25, -0.2) is 4.98 Å². The second-order valence-corrected chi connectivity index (χ2v) is 5.22. The Labute approximate surface area is 114 Å². The molecule has 0 saturated heterocycles. The first-order valence-corrected chi connectivity index (χ1v) is 6.78. The smallest absolute Gasteiger partial charge is 0.137 e. The Hall–Kier alpha value is -1.68. The Morgan fingerprint density at radius 3 is 2.68 bits per heavy atom. The molecule has 0 bridgehead atoms. The molecule has 2 aromatic rings. The monoisotopic (exact) mass is 258 g/mol. The number of hydrogen-bond acceptors (Lipinski definition) is 3. The molecule has 102 valence electrons. The summed E-state index contributed by atoms with van der Waals surface area (Å²) in [4.78, 5) is 3.96. The molecule has 0 fully saturated rings. The molecule has 0 saturated carbocycles. The van der Waals surface area contributed by atoms with Gasteiger partial charge in [0, 0.05) is 12.1 Å².